The average molecular weight is 506 g/mol. The molecule has 182 valence electrons. The van der Waals surface area contributed by atoms with Crippen molar-refractivity contribution in [2.24, 2.45) is 0 Å². The van der Waals surface area contributed by atoms with E-state index in [1.165, 1.54) is 37.4 Å². The van der Waals surface area contributed by atoms with Gasteiger partial charge >= 0.3 is 0 Å². The van der Waals surface area contributed by atoms with Crippen molar-refractivity contribution < 1.29 is 9.53 Å². The quantitative estimate of drug-likeness (QED) is 0.158. The molecule has 1 fully saturated rings. The lowest BCUT2D eigenvalue weighted by Crippen LogP contribution is -2.29. The molecule has 0 spiro atoms. The van der Waals surface area contributed by atoms with Crippen molar-refractivity contribution in [1.29, 1.82) is 0 Å². The van der Waals surface area contributed by atoms with Gasteiger partial charge in [0.05, 0.1) is 17.7 Å². The van der Waals surface area contributed by atoms with Crippen LogP contribution >= 0.6 is 24.0 Å². The number of benzene rings is 2. The topological polar surface area (TPSA) is 47.4 Å². The minimum atomic E-state index is -0.0161. The summed E-state index contributed by atoms with van der Waals surface area (Å²) in [6.45, 7) is 2.90. The second-order valence-corrected chi connectivity index (χ2v) is 10.2. The maximum atomic E-state index is 13.2. The molecule has 5 nitrogen and oxygen atoms in total. The van der Waals surface area contributed by atoms with E-state index in [-0.39, 0.29) is 5.91 Å². The Bertz CT molecular complexity index is 1200. The third kappa shape index (κ3) is 6.21. The first-order valence-corrected chi connectivity index (χ1v) is 13.4. The van der Waals surface area contributed by atoms with Crippen LogP contribution in [0.1, 0.15) is 51.0 Å². The molecule has 0 saturated carbocycles. The highest BCUT2D eigenvalue weighted by Gasteiger charge is 2.32. The molecule has 1 amide bonds. The Hall–Kier alpha value is -2.90. The first kappa shape index (κ1) is 25.2. The Morgan fingerprint density at radius 3 is 2.57 bits per heavy atom. The molecule has 1 aliphatic heterocycles. The number of carbonyl (C=O) groups excluding carboxylic acids is 1. The molecule has 1 aliphatic rings. The lowest BCUT2D eigenvalue weighted by molar-refractivity contribution is -0.122. The second kappa shape index (κ2) is 12.2. The van der Waals surface area contributed by atoms with Crippen LogP contribution in [0.3, 0.4) is 0 Å². The summed E-state index contributed by atoms with van der Waals surface area (Å²) in [7, 11) is 1.65. The maximum absolute atomic E-state index is 13.2. The van der Waals surface area contributed by atoms with Gasteiger partial charge < -0.3 is 4.74 Å². The van der Waals surface area contributed by atoms with Crippen molar-refractivity contribution in [3.63, 3.8) is 0 Å². The lowest BCUT2D eigenvalue weighted by Gasteiger charge is -2.13. The van der Waals surface area contributed by atoms with Gasteiger partial charge in [-0.1, -0.05) is 93.3 Å². The van der Waals surface area contributed by atoms with Gasteiger partial charge in [-0.25, -0.2) is 4.68 Å². The summed E-state index contributed by atoms with van der Waals surface area (Å²) in [5, 5.41) is 4.87. The van der Waals surface area contributed by atoms with Crippen molar-refractivity contribution >= 4 is 40.3 Å². The molecule has 0 radical (unpaired) electrons. The lowest BCUT2D eigenvalue weighted by atomic mass is 10.1. The van der Waals surface area contributed by atoms with Crippen LogP contribution < -0.4 is 4.74 Å². The fraction of sp³-hybridized carbons (Fsp3) is 0.321. The van der Waals surface area contributed by atoms with E-state index in [1.54, 1.807) is 12.0 Å². The Labute approximate surface area is 217 Å². The van der Waals surface area contributed by atoms with E-state index in [0.717, 1.165) is 41.1 Å². The number of carbonyl (C=O) groups is 1. The van der Waals surface area contributed by atoms with Gasteiger partial charge in [-0.3, -0.25) is 9.69 Å². The fourth-order valence-electron chi connectivity index (χ4n) is 4.08. The minimum absolute atomic E-state index is 0.0161. The highest BCUT2D eigenvalue weighted by atomic mass is 32.2. The van der Waals surface area contributed by atoms with E-state index >= 15 is 0 Å². The number of para-hydroxylation sites is 1. The molecule has 0 aliphatic carbocycles. The highest BCUT2D eigenvalue weighted by Crippen LogP contribution is 2.35. The van der Waals surface area contributed by atoms with Gasteiger partial charge in [0.15, 0.2) is 0 Å². The van der Waals surface area contributed by atoms with Gasteiger partial charge in [-0.15, -0.1) is 0 Å². The number of thioether (sulfide) groups is 1. The summed E-state index contributed by atoms with van der Waals surface area (Å²) in [5.41, 5.74) is 3.52. The predicted molar refractivity (Wildman–Crippen MR) is 149 cm³/mol. The zero-order chi connectivity index (χ0) is 24.6. The number of ether oxygens (including phenoxy) is 1. The summed E-state index contributed by atoms with van der Waals surface area (Å²) in [5.74, 6) is 0.741. The van der Waals surface area contributed by atoms with Gasteiger partial charge in [-0.05, 0) is 36.8 Å². The Balaban J connectivity index is 1.59. The van der Waals surface area contributed by atoms with Gasteiger partial charge in [0.2, 0.25) is 0 Å². The minimum Gasteiger partial charge on any atom is -0.497 e. The standard InChI is InChI=1S/C28H31N3O2S2/c1-3-4-5-6-7-11-17-30-27(32)25(35-28(30)34)19-22-20-31(23-14-9-8-10-15-23)29-26(22)21-13-12-16-24(18-21)33-2/h8-10,12-16,18-20H,3-7,11,17H2,1-2H3. The molecule has 0 unspecified atom stereocenters. The third-order valence-corrected chi connectivity index (χ3v) is 7.38. The van der Waals surface area contributed by atoms with Crippen LogP contribution in [-0.4, -0.2) is 38.6 Å². The number of aromatic nitrogens is 2. The van der Waals surface area contributed by atoms with Gasteiger partial charge in [0.25, 0.3) is 5.91 Å². The zero-order valence-corrected chi connectivity index (χ0v) is 21.9. The Kier molecular flexibility index (Phi) is 8.77. The van der Waals surface area contributed by atoms with Crippen LogP contribution in [0, 0.1) is 0 Å². The number of amides is 1. The van der Waals surface area contributed by atoms with E-state index in [0.29, 0.717) is 15.8 Å². The first-order chi connectivity index (χ1) is 17.1. The van der Waals surface area contributed by atoms with Crippen LogP contribution in [0.4, 0.5) is 0 Å². The van der Waals surface area contributed by atoms with Crippen LogP contribution in [0.25, 0.3) is 23.0 Å². The number of nitrogens with zero attached hydrogens (tertiary/aromatic N) is 3. The van der Waals surface area contributed by atoms with Crippen LogP contribution in [0.2, 0.25) is 0 Å². The van der Waals surface area contributed by atoms with E-state index in [1.807, 2.05) is 71.6 Å². The van der Waals surface area contributed by atoms with Crippen LogP contribution in [0.15, 0.2) is 65.7 Å². The fourth-order valence-corrected chi connectivity index (χ4v) is 5.38. The number of hydrogen-bond donors (Lipinski definition) is 0. The molecule has 35 heavy (non-hydrogen) atoms. The Morgan fingerprint density at radius 1 is 1.03 bits per heavy atom. The molecule has 0 atom stereocenters. The number of methoxy groups -OCH3 is 1. The molecule has 3 aromatic rings. The average Bonchev–Trinajstić information content (AvgIpc) is 3.43. The molecular weight excluding hydrogens is 474 g/mol. The molecule has 7 heteroatoms. The van der Waals surface area contributed by atoms with Crippen molar-refractivity contribution in [2.45, 2.75) is 45.4 Å². The van der Waals surface area contributed by atoms with Crippen LogP contribution in [0.5, 0.6) is 5.75 Å². The van der Waals surface area contributed by atoms with Gasteiger partial charge in [0.1, 0.15) is 15.8 Å². The van der Waals surface area contributed by atoms with E-state index in [9.17, 15) is 4.79 Å². The number of unbranched alkanes of at least 4 members (excludes halogenated alkanes) is 5. The highest BCUT2D eigenvalue weighted by molar-refractivity contribution is 8.26. The molecule has 2 heterocycles. The maximum Gasteiger partial charge on any atom is 0.266 e. The van der Waals surface area contributed by atoms with Gasteiger partial charge in [0, 0.05) is 23.9 Å². The van der Waals surface area contributed by atoms with E-state index in [2.05, 4.69) is 6.92 Å². The SMILES string of the molecule is CCCCCCCCN1C(=O)C(=Cc2cn(-c3ccccc3)nc2-c2cccc(OC)c2)SC1=S. The zero-order valence-electron chi connectivity index (χ0n) is 20.3. The second-order valence-electron chi connectivity index (χ2n) is 8.55. The molecule has 1 aromatic heterocycles. The number of hydrogen-bond acceptors (Lipinski definition) is 5. The van der Waals surface area contributed by atoms with Crippen molar-refractivity contribution in [1.82, 2.24) is 14.7 Å². The summed E-state index contributed by atoms with van der Waals surface area (Å²) in [6, 6.07) is 17.8. The van der Waals surface area contributed by atoms with Crippen molar-refractivity contribution in [2.75, 3.05) is 13.7 Å². The summed E-state index contributed by atoms with van der Waals surface area (Å²) in [6.07, 6.45) is 11.0. The molecule has 0 N–H and O–H groups in total. The molecule has 4 rings (SSSR count). The van der Waals surface area contributed by atoms with E-state index < -0.39 is 0 Å². The largest absolute Gasteiger partial charge is 0.497 e. The first-order valence-electron chi connectivity index (χ1n) is 12.2. The van der Waals surface area contributed by atoms with Crippen molar-refractivity contribution in [3.8, 4) is 22.7 Å². The molecular formula is C28H31N3O2S2. The number of thiocarbonyl (C=S) groups is 1. The smallest absolute Gasteiger partial charge is 0.266 e. The molecule has 1 saturated heterocycles. The van der Waals surface area contributed by atoms with Crippen LogP contribution in [-0.2, 0) is 4.79 Å². The summed E-state index contributed by atoms with van der Waals surface area (Å²) >= 11 is 6.93. The van der Waals surface area contributed by atoms with Crippen molar-refractivity contribution in [3.05, 3.63) is 71.3 Å². The Morgan fingerprint density at radius 2 is 1.80 bits per heavy atom. The third-order valence-electron chi connectivity index (χ3n) is 6.00. The monoisotopic (exact) mass is 505 g/mol. The van der Waals surface area contributed by atoms with E-state index in [4.69, 9.17) is 22.1 Å². The number of rotatable bonds is 11. The molecule has 2 aromatic carbocycles. The predicted octanol–water partition coefficient (Wildman–Crippen LogP) is 7.11. The summed E-state index contributed by atoms with van der Waals surface area (Å²) < 4.78 is 7.90. The molecule has 0 bridgehead atoms. The normalized spacial score (nSPS) is 14.8. The summed E-state index contributed by atoms with van der Waals surface area (Å²) in [4.78, 5) is 15.6. The van der Waals surface area contributed by atoms with Gasteiger partial charge in [-0.2, -0.15) is 5.10 Å².